The lowest BCUT2D eigenvalue weighted by molar-refractivity contribution is 0.673. The Balaban J connectivity index is 1.70. The van der Waals surface area contributed by atoms with Crippen molar-refractivity contribution in [3.05, 3.63) is 40.6 Å². The van der Waals surface area contributed by atoms with Crippen LogP contribution in [0.3, 0.4) is 0 Å². The van der Waals surface area contributed by atoms with E-state index in [0.717, 1.165) is 30.2 Å². The molecule has 16 heavy (non-hydrogen) atoms. The minimum Gasteiger partial charge on any atom is -0.397 e. The van der Waals surface area contributed by atoms with E-state index in [0.29, 0.717) is 5.69 Å². The van der Waals surface area contributed by atoms with Gasteiger partial charge < -0.3 is 11.1 Å². The first-order valence-corrected chi connectivity index (χ1v) is 6.02. The average molecular weight is 234 g/mol. The number of hydrogen-bond acceptors (Lipinski definition) is 5. The van der Waals surface area contributed by atoms with Crippen molar-refractivity contribution >= 4 is 17.0 Å². The molecule has 0 saturated heterocycles. The minimum absolute atomic E-state index is 0.700. The van der Waals surface area contributed by atoms with Crippen molar-refractivity contribution in [2.24, 2.45) is 0 Å². The quantitative estimate of drug-likeness (QED) is 0.769. The van der Waals surface area contributed by atoms with E-state index >= 15 is 0 Å². The number of nitrogens with one attached hydrogen (secondary N) is 1. The number of nitrogens with zero attached hydrogens (tertiary/aromatic N) is 2. The van der Waals surface area contributed by atoms with Crippen LogP contribution < -0.4 is 11.1 Å². The maximum atomic E-state index is 5.56. The van der Waals surface area contributed by atoms with E-state index in [1.54, 1.807) is 17.5 Å². The number of anilines is 1. The predicted molar refractivity (Wildman–Crippen MR) is 66.2 cm³/mol. The van der Waals surface area contributed by atoms with Gasteiger partial charge in [-0.2, -0.15) is 0 Å². The molecule has 0 saturated carbocycles. The molecule has 0 unspecified atom stereocenters. The van der Waals surface area contributed by atoms with Crippen LogP contribution in [0.25, 0.3) is 0 Å². The van der Waals surface area contributed by atoms with E-state index in [1.807, 2.05) is 23.7 Å². The van der Waals surface area contributed by atoms with Gasteiger partial charge in [0.05, 0.1) is 22.6 Å². The van der Waals surface area contributed by atoms with E-state index in [9.17, 15) is 0 Å². The molecule has 0 fully saturated rings. The lowest BCUT2D eigenvalue weighted by Crippen LogP contribution is -2.17. The number of aromatic nitrogens is 2. The number of pyridine rings is 1. The van der Waals surface area contributed by atoms with Gasteiger partial charge in [0.15, 0.2) is 0 Å². The number of thiazole rings is 1. The first-order chi connectivity index (χ1) is 7.84. The number of rotatable bonds is 5. The molecule has 2 aromatic heterocycles. The molecule has 4 nitrogen and oxygen atoms in total. The molecule has 0 atom stereocenters. The van der Waals surface area contributed by atoms with Crippen molar-refractivity contribution in [1.82, 2.24) is 15.3 Å². The van der Waals surface area contributed by atoms with Gasteiger partial charge in [-0.05, 0) is 12.1 Å². The fraction of sp³-hybridized carbons (Fsp3) is 0.273. The summed E-state index contributed by atoms with van der Waals surface area (Å²) in [5, 5.41) is 6.48. The summed E-state index contributed by atoms with van der Waals surface area (Å²) >= 11 is 1.69. The zero-order valence-electron chi connectivity index (χ0n) is 8.89. The Morgan fingerprint density at radius 3 is 2.94 bits per heavy atom. The lowest BCUT2D eigenvalue weighted by Gasteiger charge is -2.03. The molecular formula is C11H14N4S. The molecule has 0 bridgehead atoms. The Kier molecular flexibility index (Phi) is 3.85. The fourth-order valence-corrected chi connectivity index (χ4v) is 1.95. The number of hydrogen-bond donors (Lipinski definition) is 2. The minimum atomic E-state index is 0.700. The van der Waals surface area contributed by atoms with E-state index in [1.165, 1.54) is 0 Å². The Bertz CT molecular complexity index is 410. The van der Waals surface area contributed by atoms with E-state index in [2.05, 4.69) is 15.3 Å². The lowest BCUT2D eigenvalue weighted by atomic mass is 10.3. The van der Waals surface area contributed by atoms with Gasteiger partial charge in [0, 0.05) is 31.1 Å². The van der Waals surface area contributed by atoms with Crippen LogP contribution in [0.4, 0.5) is 5.69 Å². The highest BCUT2D eigenvalue weighted by Crippen LogP contribution is 2.04. The van der Waals surface area contributed by atoms with Gasteiger partial charge in [-0.3, -0.25) is 4.98 Å². The van der Waals surface area contributed by atoms with Crippen LogP contribution in [-0.4, -0.2) is 16.5 Å². The standard InChI is InChI=1S/C11H14N4S/c12-9-1-2-10(15-7-9)8-13-4-3-11-14-5-6-16-11/h1-2,5-7,13H,3-4,8,12H2. The normalized spacial score (nSPS) is 10.5. The SMILES string of the molecule is Nc1ccc(CNCCc2nccs2)nc1. The van der Waals surface area contributed by atoms with Crippen LogP contribution >= 0.6 is 11.3 Å². The molecule has 0 aromatic carbocycles. The largest absolute Gasteiger partial charge is 0.397 e. The zero-order chi connectivity index (χ0) is 11.2. The number of nitrogens with two attached hydrogens (primary N) is 1. The highest BCUT2D eigenvalue weighted by atomic mass is 32.1. The highest BCUT2D eigenvalue weighted by Gasteiger charge is 1.96. The van der Waals surface area contributed by atoms with Crippen LogP contribution in [0, 0.1) is 0 Å². The Labute approximate surface area is 98.6 Å². The molecule has 0 radical (unpaired) electrons. The molecule has 0 spiro atoms. The molecule has 0 aliphatic carbocycles. The van der Waals surface area contributed by atoms with Gasteiger partial charge in [0.2, 0.25) is 0 Å². The molecule has 2 aromatic rings. The molecule has 5 heteroatoms. The summed E-state index contributed by atoms with van der Waals surface area (Å²) < 4.78 is 0. The van der Waals surface area contributed by atoms with Gasteiger partial charge in [0.1, 0.15) is 0 Å². The van der Waals surface area contributed by atoms with Crippen LogP contribution in [0.2, 0.25) is 0 Å². The molecule has 84 valence electrons. The summed E-state index contributed by atoms with van der Waals surface area (Å²) in [6.07, 6.45) is 4.48. The molecule has 0 aliphatic rings. The van der Waals surface area contributed by atoms with Gasteiger partial charge >= 0.3 is 0 Å². The second-order valence-corrected chi connectivity index (χ2v) is 4.41. The van der Waals surface area contributed by atoms with Crippen molar-refractivity contribution in [2.75, 3.05) is 12.3 Å². The van der Waals surface area contributed by atoms with Gasteiger partial charge in [-0.25, -0.2) is 4.98 Å². The second-order valence-electron chi connectivity index (χ2n) is 3.44. The molecule has 2 rings (SSSR count). The van der Waals surface area contributed by atoms with Crippen molar-refractivity contribution < 1.29 is 0 Å². The maximum Gasteiger partial charge on any atom is 0.0937 e. The summed E-state index contributed by atoms with van der Waals surface area (Å²) in [7, 11) is 0. The van der Waals surface area contributed by atoms with Crippen molar-refractivity contribution in [2.45, 2.75) is 13.0 Å². The highest BCUT2D eigenvalue weighted by molar-refractivity contribution is 7.09. The van der Waals surface area contributed by atoms with Gasteiger partial charge in [-0.15, -0.1) is 11.3 Å². The second kappa shape index (κ2) is 5.58. The molecule has 3 N–H and O–H groups in total. The molecular weight excluding hydrogens is 220 g/mol. The van der Waals surface area contributed by atoms with Gasteiger partial charge in [0.25, 0.3) is 0 Å². The predicted octanol–water partition coefficient (Wildman–Crippen LogP) is 1.45. The summed E-state index contributed by atoms with van der Waals surface area (Å²) in [4.78, 5) is 8.43. The average Bonchev–Trinajstić information content (AvgIpc) is 2.80. The molecule has 0 aliphatic heterocycles. The molecule has 0 amide bonds. The summed E-state index contributed by atoms with van der Waals surface area (Å²) in [5.74, 6) is 0. The van der Waals surface area contributed by atoms with E-state index in [-0.39, 0.29) is 0 Å². The third-order valence-electron chi connectivity index (χ3n) is 2.15. The van der Waals surface area contributed by atoms with Crippen LogP contribution in [0.5, 0.6) is 0 Å². The summed E-state index contributed by atoms with van der Waals surface area (Å²) in [6, 6.07) is 3.80. The zero-order valence-corrected chi connectivity index (χ0v) is 9.70. The Morgan fingerprint density at radius 1 is 1.31 bits per heavy atom. The van der Waals surface area contributed by atoms with E-state index < -0.39 is 0 Å². The Morgan fingerprint density at radius 2 is 2.25 bits per heavy atom. The summed E-state index contributed by atoms with van der Waals surface area (Å²) in [5.41, 5.74) is 7.26. The number of nitrogen functional groups attached to an aromatic ring is 1. The Hall–Kier alpha value is -1.46. The fourth-order valence-electron chi connectivity index (χ4n) is 1.33. The van der Waals surface area contributed by atoms with Crippen LogP contribution in [-0.2, 0) is 13.0 Å². The topological polar surface area (TPSA) is 63.8 Å². The first kappa shape index (κ1) is 11.0. The first-order valence-electron chi connectivity index (χ1n) is 5.14. The van der Waals surface area contributed by atoms with Crippen LogP contribution in [0.15, 0.2) is 29.9 Å². The smallest absolute Gasteiger partial charge is 0.0937 e. The van der Waals surface area contributed by atoms with Crippen molar-refractivity contribution in [1.29, 1.82) is 0 Å². The molecule has 2 heterocycles. The monoisotopic (exact) mass is 234 g/mol. The third-order valence-corrected chi connectivity index (χ3v) is 2.99. The summed E-state index contributed by atoms with van der Waals surface area (Å²) in [6.45, 7) is 1.69. The third kappa shape index (κ3) is 3.29. The van der Waals surface area contributed by atoms with Gasteiger partial charge in [-0.1, -0.05) is 0 Å². The van der Waals surface area contributed by atoms with E-state index in [4.69, 9.17) is 5.73 Å². The van der Waals surface area contributed by atoms with Crippen molar-refractivity contribution in [3.63, 3.8) is 0 Å². The maximum absolute atomic E-state index is 5.56. The van der Waals surface area contributed by atoms with Crippen molar-refractivity contribution in [3.8, 4) is 0 Å². The van der Waals surface area contributed by atoms with Crippen LogP contribution in [0.1, 0.15) is 10.7 Å².